The maximum Gasteiger partial charge on any atom is 0.214 e. The van der Waals surface area contributed by atoms with E-state index in [1.54, 1.807) is 24.3 Å². The number of benzene rings is 1. The van der Waals surface area contributed by atoms with Gasteiger partial charge in [0.1, 0.15) is 12.4 Å². The molecule has 1 rings (SSSR count). The number of ether oxygens (including phenoxy) is 2. The Balaban J connectivity index is 2.22. The Hall–Kier alpha value is -1.31. The van der Waals surface area contributed by atoms with Crippen molar-refractivity contribution in [2.75, 3.05) is 37.9 Å². The molecule has 0 amide bonds. The first-order valence-electron chi connectivity index (χ1n) is 6.57. The number of rotatable bonds is 10. The van der Waals surface area contributed by atoms with Crippen LogP contribution in [0.1, 0.15) is 13.3 Å². The Morgan fingerprint density at radius 2 is 2.10 bits per heavy atom. The molecule has 0 saturated heterocycles. The molecule has 20 heavy (non-hydrogen) atoms. The van der Waals surface area contributed by atoms with Gasteiger partial charge >= 0.3 is 0 Å². The summed E-state index contributed by atoms with van der Waals surface area (Å²) < 4.78 is 36.3. The summed E-state index contributed by atoms with van der Waals surface area (Å²) in [6, 6.07) is 6.88. The summed E-state index contributed by atoms with van der Waals surface area (Å²) in [7, 11) is -3.31. The molecule has 0 saturated carbocycles. The fraction of sp³-hybridized carbons (Fsp3) is 0.538. The molecule has 0 radical (unpaired) electrons. The Bertz CT molecular complexity index is 491. The van der Waals surface area contributed by atoms with E-state index in [1.807, 2.05) is 6.92 Å². The molecule has 0 aliphatic rings. The highest BCUT2D eigenvalue weighted by molar-refractivity contribution is 7.89. The van der Waals surface area contributed by atoms with Crippen molar-refractivity contribution in [1.29, 1.82) is 0 Å². The van der Waals surface area contributed by atoms with Gasteiger partial charge in [-0.2, -0.15) is 0 Å². The lowest BCUT2D eigenvalue weighted by Crippen LogP contribution is -2.30. The number of nitrogens with one attached hydrogen (secondary N) is 1. The van der Waals surface area contributed by atoms with Crippen molar-refractivity contribution >= 4 is 15.7 Å². The van der Waals surface area contributed by atoms with E-state index in [1.165, 1.54) is 0 Å². The predicted molar refractivity (Wildman–Crippen MR) is 79.2 cm³/mol. The molecule has 3 N–H and O–H groups in total. The van der Waals surface area contributed by atoms with Gasteiger partial charge in [-0.3, -0.25) is 0 Å². The second kappa shape index (κ2) is 8.78. The quantitative estimate of drug-likeness (QED) is 0.497. The Labute approximate surface area is 120 Å². The Morgan fingerprint density at radius 1 is 1.30 bits per heavy atom. The van der Waals surface area contributed by atoms with E-state index in [9.17, 15) is 8.42 Å². The van der Waals surface area contributed by atoms with Crippen molar-refractivity contribution in [2.24, 2.45) is 0 Å². The summed E-state index contributed by atoms with van der Waals surface area (Å²) in [6.07, 6.45) is 0.656. The number of hydrogen-bond acceptors (Lipinski definition) is 5. The largest absolute Gasteiger partial charge is 0.492 e. The zero-order chi connectivity index (χ0) is 14.8. The van der Waals surface area contributed by atoms with Crippen LogP contribution in [-0.4, -0.2) is 40.5 Å². The molecular formula is C13H22N2O4S. The van der Waals surface area contributed by atoms with E-state index in [0.717, 1.165) is 0 Å². The van der Waals surface area contributed by atoms with Gasteiger partial charge in [0.25, 0.3) is 0 Å². The normalized spacial score (nSPS) is 11.4. The number of nitrogens with two attached hydrogens (primary N) is 1. The van der Waals surface area contributed by atoms with Crippen molar-refractivity contribution < 1.29 is 17.9 Å². The second-order valence-corrected chi connectivity index (χ2v) is 6.11. The molecule has 0 spiro atoms. The summed E-state index contributed by atoms with van der Waals surface area (Å²) >= 11 is 0. The van der Waals surface area contributed by atoms with Crippen LogP contribution in [0.3, 0.4) is 0 Å². The third kappa shape index (κ3) is 7.32. The minimum atomic E-state index is -3.31. The third-order valence-corrected chi connectivity index (χ3v) is 3.82. The van der Waals surface area contributed by atoms with Crippen molar-refractivity contribution in [3.63, 3.8) is 0 Å². The predicted octanol–water partition coefficient (Wildman–Crippen LogP) is 0.994. The van der Waals surface area contributed by atoms with Crippen LogP contribution >= 0.6 is 0 Å². The summed E-state index contributed by atoms with van der Waals surface area (Å²) in [5.74, 6) is 0.479. The van der Waals surface area contributed by atoms with E-state index in [4.69, 9.17) is 15.2 Å². The van der Waals surface area contributed by atoms with E-state index in [2.05, 4.69) is 4.72 Å². The first-order valence-corrected chi connectivity index (χ1v) is 8.22. The van der Waals surface area contributed by atoms with Gasteiger partial charge in [0.15, 0.2) is 0 Å². The summed E-state index contributed by atoms with van der Waals surface area (Å²) in [4.78, 5) is 0. The lowest BCUT2D eigenvalue weighted by Gasteiger charge is -2.09. The molecule has 7 heteroatoms. The van der Waals surface area contributed by atoms with Crippen molar-refractivity contribution in [1.82, 2.24) is 4.72 Å². The third-order valence-electron chi connectivity index (χ3n) is 2.47. The molecule has 0 aromatic heterocycles. The molecule has 0 aliphatic carbocycles. The molecule has 0 fully saturated rings. The molecule has 0 aliphatic heterocycles. The topological polar surface area (TPSA) is 90.6 Å². The van der Waals surface area contributed by atoms with Crippen LogP contribution in [0.25, 0.3) is 0 Å². The zero-order valence-electron chi connectivity index (χ0n) is 11.7. The molecule has 0 unspecified atom stereocenters. The standard InChI is InChI=1S/C13H22N2O4S/c1-2-18-8-4-7-15-20(16,17)10-9-19-13-6-3-5-12(14)11-13/h3,5-6,11,15H,2,4,7-10,14H2,1H3. The molecular weight excluding hydrogens is 280 g/mol. The van der Waals surface area contributed by atoms with Crippen LogP contribution < -0.4 is 15.2 Å². The molecule has 114 valence electrons. The van der Waals surface area contributed by atoms with E-state index in [-0.39, 0.29) is 12.4 Å². The molecule has 0 bridgehead atoms. The van der Waals surface area contributed by atoms with Gasteiger partial charge in [-0.05, 0) is 25.5 Å². The van der Waals surface area contributed by atoms with E-state index in [0.29, 0.717) is 37.6 Å². The first kappa shape index (κ1) is 16.7. The first-order chi connectivity index (χ1) is 9.53. The van der Waals surface area contributed by atoms with Gasteiger partial charge in [-0.15, -0.1) is 0 Å². The van der Waals surface area contributed by atoms with Crippen molar-refractivity contribution in [3.8, 4) is 5.75 Å². The number of hydrogen-bond donors (Lipinski definition) is 2. The van der Waals surface area contributed by atoms with E-state index < -0.39 is 10.0 Å². The van der Waals surface area contributed by atoms with Crippen LogP contribution in [0, 0.1) is 0 Å². The summed E-state index contributed by atoms with van der Waals surface area (Å²) in [5, 5.41) is 0. The van der Waals surface area contributed by atoms with Gasteiger partial charge in [-0.25, -0.2) is 13.1 Å². The molecule has 1 aromatic carbocycles. The van der Waals surface area contributed by atoms with Crippen LogP contribution in [0.15, 0.2) is 24.3 Å². The second-order valence-electron chi connectivity index (χ2n) is 4.18. The highest BCUT2D eigenvalue weighted by Crippen LogP contribution is 2.14. The smallest absolute Gasteiger partial charge is 0.214 e. The number of sulfonamides is 1. The zero-order valence-corrected chi connectivity index (χ0v) is 12.5. The molecule has 1 aromatic rings. The van der Waals surface area contributed by atoms with Crippen molar-refractivity contribution in [2.45, 2.75) is 13.3 Å². The maximum atomic E-state index is 11.7. The van der Waals surface area contributed by atoms with Gasteiger partial charge in [-0.1, -0.05) is 6.07 Å². The monoisotopic (exact) mass is 302 g/mol. The average Bonchev–Trinajstić information content (AvgIpc) is 2.38. The van der Waals surface area contributed by atoms with E-state index >= 15 is 0 Å². The summed E-state index contributed by atoms with van der Waals surface area (Å²) in [6.45, 7) is 3.56. The fourth-order valence-electron chi connectivity index (χ4n) is 1.49. The lowest BCUT2D eigenvalue weighted by atomic mass is 10.3. The lowest BCUT2D eigenvalue weighted by molar-refractivity contribution is 0.146. The average molecular weight is 302 g/mol. The Morgan fingerprint density at radius 3 is 2.80 bits per heavy atom. The molecule has 6 nitrogen and oxygen atoms in total. The Kier molecular flexibility index (Phi) is 7.35. The summed E-state index contributed by atoms with van der Waals surface area (Å²) in [5.41, 5.74) is 6.18. The van der Waals surface area contributed by atoms with Gasteiger partial charge in [0.2, 0.25) is 10.0 Å². The van der Waals surface area contributed by atoms with Crippen LogP contribution in [0.2, 0.25) is 0 Å². The van der Waals surface area contributed by atoms with Crippen molar-refractivity contribution in [3.05, 3.63) is 24.3 Å². The van der Waals surface area contributed by atoms with Crippen LogP contribution in [0.4, 0.5) is 5.69 Å². The minimum Gasteiger partial charge on any atom is -0.492 e. The van der Waals surface area contributed by atoms with Gasteiger partial charge < -0.3 is 15.2 Å². The molecule has 0 atom stereocenters. The molecule has 0 heterocycles. The SMILES string of the molecule is CCOCCCNS(=O)(=O)CCOc1cccc(N)c1. The minimum absolute atomic E-state index is 0.0869. The van der Waals surface area contributed by atoms with Gasteiger partial charge in [0.05, 0.1) is 5.75 Å². The van der Waals surface area contributed by atoms with Crippen LogP contribution in [-0.2, 0) is 14.8 Å². The van der Waals surface area contributed by atoms with Gasteiger partial charge in [0, 0.05) is 31.5 Å². The van der Waals surface area contributed by atoms with Crippen LogP contribution in [0.5, 0.6) is 5.75 Å². The highest BCUT2D eigenvalue weighted by Gasteiger charge is 2.09. The maximum absolute atomic E-state index is 11.7. The number of anilines is 1. The fourth-order valence-corrected chi connectivity index (χ4v) is 2.39. The number of nitrogen functional groups attached to an aromatic ring is 1. The highest BCUT2D eigenvalue weighted by atomic mass is 32.2.